The van der Waals surface area contributed by atoms with E-state index in [9.17, 15) is 4.79 Å². The van der Waals surface area contributed by atoms with Gasteiger partial charge in [0, 0.05) is 12.1 Å². The van der Waals surface area contributed by atoms with Gasteiger partial charge in [0.15, 0.2) is 0 Å². The number of rotatable bonds is 3. The molecule has 0 heterocycles. The number of benzene rings is 1. The van der Waals surface area contributed by atoms with Crippen LogP contribution in [0.1, 0.15) is 30.9 Å². The lowest BCUT2D eigenvalue weighted by Crippen LogP contribution is -2.19. The van der Waals surface area contributed by atoms with Gasteiger partial charge in [-0.3, -0.25) is 4.79 Å². The van der Waals surface area contributed by atoms with Gasteiger partial charge in [0.25, 0.3) is 0 Å². The molecule has 0 amide bonds. The van der Waals surface area contributed by atoms with E-state index in [-0.39, 0.29) is 5.97 Å². The Bertz CT molecular complexity index is 415. The molecule has 0 saturated heterocycles. The SMILES string of the molecule is CCOC(=O)CC1CCc2cc(N)ccc2C1. The van der Waals surface area contributed by atoms with Crippen LogP contribution >= 0.6 is 0 Å². The Morgan fingerprint density at radius 3 is 3.06 bits per heavy atom. The van der Waals surface area contributed by atoms with E-state index < -0.39 is 0 Å². The normalized spacial score (nSPS) is 18.5. The smallest absolute Gasteiger partial charge is 0.306 e. The molecule has 1 unspecified atom stereocenters. The van der Waals surface area contributed by atoms with Gasteiger partial charge in [0.2, 0.25) is 0 Å². The van der Waals surface area contributed by atoms with Crippen LogP contribution in [0.5, 0.6) is 0 Å². The predicted molar refractivity (Wildman–Crippen MR) is 67.6 cm³/mol. The second-order valence-electron chi connectivity index (χ2n) is 4.65. The van der Waals surface area contributed by atoms with Crippen molar-refractivity contribution in [2.45, 2.75) is 32.6 Å². The molecule has 3 nitrogen and oxygen atoms in total. The molecule has 17 heavy (non-hydrogen) atoms. The van der Waals surface area contributed by atoms with Crippen molar-refractivity contribution in [2.75, 3.05) is 12.3 Å². The molecule has 0 aromatic heterocycles. The van der Waals surface area contributed by atoms with Crippen molar-refractivity contribution >= 4 is 11.7 Å². The largest absolute Gasteiger partial charge is 0.466 e. The van der Waals surface area contributed by atoms with Gasteiger partial charge in [-0.15, -0.1) is 0 Å². The highest BCUT2D eigenvalue weighted by Gasteiger charge is 2.21. The number of aryl methyl sites for hydroxylation is 1. The van der Waals surface area contributed by atoms with Crippen LogP contribution in [-0.4, -0.2) is 12.6 Å². The molecule has 1 aromatic carbocycles. The van der Waals surface area contributed by atoms with Crippen molar-refractivity contribution < 1.29 is 9.53 Å². The molecule has 0 radical (unpaired) electrons. The van der Waals surface area contributed by atoms with Crippen molar-refractivity contribution in [1.29, 1.82) is 0 Å². The first-order chi connectivity index (χ1) is 8.19. The zero-order chi connectivity index (χ0) is 12.3. The van der Waals surface area contributed by atoms with Gasteiger partial charge in [-0.05, 0) is 55.4 Å². The number of anilines is 1. The standard InChI is InChI=1S/C14H19NO2/c1-2-17-14(16)8-10-3-4-12-9-13(15)6-5-11(12)7-10/h5-6,9-10H,2-4,7-8,15H2,1H3. The average Bonchev–Trinajstić information content (AvgIpc) is 2.29. The molecule has 2 rings (SSSR count). The first kappa shape index (κ1) is 12.0. The first-order valence-corrected chi connectivity index (χ1v) is 6.22. The van der Waals surface area contributed by atoms with Crippen LogP contribution in [0.4, 0.5) is 5.69 Å². The van der Waals surface area contributed by atoms with E-state index in [2.05, 4.69) is 12.1 Å². The van der Waals surface area contributed by atoms with Gasteiger partial charge in [-0.25, -0.2) is 0 Å². The Kier molecular flexibility index (Phi) is 3.67. The van der Waals surface area contributed by atoms with Crippen LogP contribution in [0.25, 0.3) is 0 Å². The van der Waals surface area contributed by atoms with Gasteiger partial charge in [0.05, 0.1) is 6.61 Å². The van der Waals surface area contributed by atoms with Crippen molar-refractivity contribution in [2.24, 2.45) is 5.92 Å². The molecule has 1 aliphatic carbocycles. The molecule has 1 aliphatic rings. The topological polar surface area (TPSA) is 52.3 Å². The van der Waals surface area contributed by atoms with Gasteiger partial charge in [-0.2, -0.15) is 0 Å². The van der Waals surface area contributed by atoms with Crippen molar-refractivity contribution in [1.82, 2.24) is 0 Å². The fourth-order valence-electron chi connectivity index (χ4n) is 2.48. The number of nitrogen functional groups attached to an aromatic ring is 1. The minimum absolute atomic E-state index is 0.0728. The maximum absolute atomic E-state index is 11.4. The zero-order valence-electron chi connectivity index (χ0n) is 10.2. The van der Waals surface area contributed by atoms with Gasteiger partial charge >= 0.3 is 5.97 Å². The van der Waals surface area contributed by atoms with Crippen molar-refractivity contribution in [3.05, 3.63) is 29.3 Å². The number of hydrogen-bond donors (Lipinski definition) is 1. The minimum Gasteiger partial charge on any atom is -0.466 e. The number of carbonyl (C=O) groups excluding carboxylic acids is 1. The summed E-state index contributed by atoms with van der Waals surface area (Å²) in [6.07, 6.45) is 3.58. The molecule has 0 aliphatic heterocycles. The fraction of sp³-hybridized carbons (Fsp3) is 0.500. The van der Waals surface area contributed by atoms with E-state index >= 15 is 0 Å². The minimum atomic E-state index is -0.0728. The van der Waals surface area contributed by atoms with E-state index in [0.717, 1.165) is 24.9 Å². The summed E-state index contributed by atoms with van der Waals surface area (Å²) < 4.78 is 4.99. The van der Waals surface area contributed by atoms with E-state index in [1.54, 1.807) is 0 Å². The number of esters is 1. The lowest BCUT2D eigenvalue weighted by atomic mass is 9.82. The molecule has 2 N–H and O–H groups in total. The summed E-state index contributed by atoms with van der Waals surface area (Å²) in [5, 5.41) is 0. The highest BCUT2D eigenvalue weighted by molar-refractivity contribution is 5.69. The van der Waals surface area contributed by atoms with Gasteiger partial charge < -0.3 is 10.5 Å². The molecule has 0 saturated carbocycles. The van der Waals surface area contributed by atoms with Crippen LogP contribution in [0.15, 0.2) is 18.2 Å². The highest BCUT2D eigenvalue weighted by Crippen LogP contribution is 2.29. The lowest BCUT2D eigenvalue weighted by molar-refractivity contribution is -0.144. The summed E-state index contributed by atoms with van der Waals surface area (Å²) in [5.41, 5.74) is 9.26. The number of fused-ring (bicyclic) bond motifs is 1. The monoisotopic (exact) mass is 233 g/mol. The van der Waals surface area contributed by atoms with E-state index in [1.807, 2.05) is 13.0 Å². The molecule has 3 heteroatoms. The van der Waals surface area contributed by atoms with Gasteiger partial charge in [0.1, 0.15) is 0 Å². The zero-order valence-corrected chi connectivity index (χ0v) is 10.2. The van der Waals surface area contributed by atoms with Gasteiger partial charge in [-0.1, -0.05) is 6.07 Å². The summed E-state index contributed by atoms with van der Waals surface area (Å²) >= 11 is 0. The maximum atomic E-state index is 11.4. The molecular formula is C14H19NO2. The Labute approximate surface area is 102 Å². The Morgan fingerprint density at radius 2 is 2.29 bits per heavy atom. The molecular weight excluding hydrogens is 214 g/mol. The van der Waals surface area contributed by atoms with Crippen LogP contribution in [0.3, 0.4) is 0 Å². The van der Waals surface area contributed by atoms with Crippen molar-refractivity contribution in [3.8, 4) is 0 Å². The maximum Gasteiger partial charge on any atom is 0.306 e. The third-order valence-corrected chi connectivity index (χ3v) is 3.32. The summed E-state index contributed by atoms with van der Waals surface area (Å²) in [7, 11) is 0. The quantitative estimate of drug-likeness (QED) is 0.644. The third-order valence-electron chi connectivity index (χ3n) is 3.32. The summed E-state index contributed by atoms with van der Waals surface area (Å²) in [6.45, 7) is 2.32. The molecule has 1 atom stereocenters. The van der Waals surface area contributed by atoms with Crippen LogP contribution in [-0.2, 0) is 22.4 Å². The number of hydrogen-bond acceptors (Lipinski definition) is 3. The second kappa shape index (κ2) is 5.21. The first-order valence-electron chi connectivity index (χ1n) is 6.22. The third kappa shape index (κ3) is 2.99. The Hall–Kier alpha value is -1.51. The predicted octanol–water partition coefficient (Wildman–Crippen LogP) is 2.33. The Morgan fingerprint density at radius 1 is 1.47 bits per heavy atom. The van der Waals surface area contributed by atoms with Crippen LogP contribution in [0, 0.1) is 5.92 Å². The molecule has 0 fully saturated rings. The number of ether oxygens (including phenoxy) is 1. The average molecular weight is 233 g/mol. The second-order valence-corrected chi connectivity index (χ2v) is 4.65. The van der Waals surface area contributed by atoms with E-state index in [1.165, 1.54) is 11.1 Å². The molecule has 0 bridgehead atoms. The molecule has 1 aromatic rings. The summed E-state index contributed by atoms with van der Waals surface area (Å²) in [6, 6.07) is 6.07. The molecule has 92 valence electrons. The van der Waals surface area contributed by atoms with Crippen LogP contribution in [0.2, 0.25) is 0 Å². The number of carbonyl (C=O) groups is 1. The van der Waals surface area contributed by atoms with Crippen LogP contribution < -0.4 is 5.73 Å². The molecule has 0 spiro atoms. The fourth-order valence-corrected chi connectivity index (χ4v) is 2.48. The lowest BCUT2D eigenvalue weighted by Gasteiger charge is -2.24. The summed E-state index contributed by atoms with van der Waals surface area (Å²) in [5.74, 6) is 0.349. The number of nitrogens with two attached hydrogens (primary N) is 1. The van der Waals surface area contributed by atoms with Crippen molar-refractivity contribution in [3.63, 3.8) is 0 Å². The summed E-state index contributed by atoms with van der Waals surface area (Å²) in [4.78, 5) is 11.4. The highest BCUT2D eigenvalue weighted by atomic mass is 16.5. The van der Waals surface area contributed by atoms with E-state index in [4.69, 9.17) is 10.5 Å². The Balaban J connectivity index is 1.99. The van der Waals surface area contributed by atoms with E-state index in [0.29, 0.717) is 18.9 Å².